The molecule has 2 aromatic carbocycles. The van der Waals surface area contributed by atoms with Crippen LogP contribution in [0, 0.1) is 11.3 Å². The van der Waals surface area contributed by atoms with Gasteiger partial charge in [-0.15, -0.1) is 11.8 Å². The highest BCUT2D eigenvalue weighted by Crippen LogP contribution is 2.53. The van der Waals surface area contributed by atoms with Crippen molar-refractivity contribution in [2.75, 3.05) is 6.54 Å². The normalized spacial score (nSPS) is 24.4. The fourth-order valence-electron chi connectivity index (χ4n) is 4.57. The lowest BCUT2D eigenvalue weighted by Crippen LogP contribution is -2.55. The molecule has 164 valence electrons. The van der Waals surface area contributed by atoms with Gasteiger partial charge in [-0.1, -0.05) is 41.9 Å². The van der Waals surface area contributed by atoms with Gasteiger partial charge in [0.15, 0.2) is 0 Å². The summed E-state index contributed by atoms with van der Waals surface area (Å²) in [7, 11) is 0. The monoisotopic (exact) mass is 465 g/mol. The molecule has 2 aromatic rings. The molecule has 3 aliphatic rings. The molecule has 1 saturated heterocycles. The number of carbonyl (C=O) groups is 2. The highest BCUT2D eigenvalue weighted by Gasteiger charge is 2.62. The number of nitrogens with zero attached hydrogens (tertiary/aromatic N) is 2. The molecule has 2 amide bonds. The summed E-state index contributed by atoms with van der Waals surface area (Å²) >= 11 is 7.78. The smallest absolute Gasteiger partial charge is 0.247 e. The number of benzene rings is 2. The predicted molar refractivity (Wildman–Crippen MR) is 124 cm³/mol. The SMILES string of the molecule is N#CC1(N(C(=O)[C@@H]2C[C@@H](Sc3ccccc3)CN2)C(=O)C2(c3ccc(Cl)cc3)CC2)CC1. The van der Waals surface area contributed by atoms with Crippen molar-refractivity contribution in [3.8, 4) is 6.07 Å². The molecule has 0 bridgehead atoms. The molecule has 0 unspecified atom stereocenters. The maximum absolute atomic E-state index is 13.8. The fraction of sp³-hybridized carbons (Fsp3) is 0.400. The number of hydrogen-bond donors (Lipinski definition) is 1. The number of halogens is 1. The van der Waals surface area contributed by atoms with E-state index in [1.807, 2.05) is 30.3 Å². The van der Waals surface area contributed by atoms with E-state index >= 15 is 0 Å². The van der Waals surface area contributed by atoms with E-state index in [4.69, 9.17) is 11.6 Å². The zero-order valence-electron chi connectivity index (χ0n) is 17.6. The Balaban J connectivity index is 1.36. The molecule has 2 saturated carbocycles. The highest BCUT2D eigenvalue weighted by molar-refractivity contribution is 8.00. The van der Waals surface area contributed by atoms with Crippen molar-refractivity contribution in [3.63, 3.8) is 0 Å². The van der Waals surface area contributed by atoms with Crippen LogP contribution >= 0.6 is 23.4 Å². The number of amides is 2. The van der Waals surface area contributed by atoms with E-state index in [-0.39, 0.29) is 17.1 Å². The molecule has 0 aromatic heterocycles. The summed E-state index contributed by atoms with van der Waals surface area (Å²) in [4.78, 5) is 30.0. The lowest BCUT2D eigenvalue weighted by atomic mass is 9.93. The number of thioether (sulfide) groups is 1. The van der Waals surface area contributed by atoms with E-state index in [0.29, 0.717) is 43.7 Å². The van der Waals surface area contributed by atoms with E-state index in [1.165, 1.54) is 4.90 Å². The van der Waals surface area contributed by atoms with E-state index in [1.54, 1.807) is 23.9 Å². The quantitative estimate of drug-likeness (QED) is 0.643. The summed E-state index contributed by atoms with van der Waals surface area (Å²) in [5.41, 5.74) is -0.846. The molecule has 3 fully saturated rings. The predicted octanol–water partition coefficient (Wildman–Crippen LogP) is 4.31. The Bertz CT molecular complexity index is 1070. The minimum absolute atomic E-state index is 0.232. The van der Waals surface area contributed by atoms with Gasteiger partial charge >= 0.3 is 0 Å². The number of nitriles is 1. The fourth-order valence-corrected chi connectivity index (χ4v) is 5.87. The van der Waals surface area contributed by atoms with E-state index < -0.39 is 17.0 Å². The van der Waals surface area contributed by atoms with Gasteiger partial charge in [-0.25, -0.2) is 0 Å². The zero-order valence-corrected chi connectivity index (χ0v) is 19.2. The topological polar surface area (TPSA) is 73.2 Å². The van der Waals surface area contributed by atoms with Crippen LogP contribution in [0.4, 0.5) is 0 Å². The van der Waals surface area contributed by atoms with Gasteiger partial charge < -0.3 is 5.32 Å². The van der Waals surface area contributed by atoms with Crippen LogP contribution in [0.15, 0.2) is 59.5 Å². The third kappa shape index (κ3) is 3.83. The van der Waals surface area contributed by atoms with Crippen molar-refractivity contribution >= 4 is 35.2 Å². The molecule has 5 nitrogen and oxygen atoms in total. The molecule has 0 radical (unpaired) electrons. The minimum Gasteiger partial charge on any atom is -0.305 e. The van der Waals surface area contributed by atoms with Crippen LogP contribution in [0.1, 0.15) is 37.7 Å². The zero-order chi connectivity index (χ0) is 22.3. The van der Waals surface area contributed by atoms with Crippen molar-refractivity contribution in [1.82, 2.24) is 10.2 Å². The van der Waals surface area contributed by atoms with Crippen molar-refractivity contribution in [2.45, 2.75) is 59.2 Å². The van der Waals surface area contributed by atoms with Gasteiger partial charge in [0, 0.05) is 21.7 Å². The van der Waals surface area contributed by atoms with E-state index in [0.717, 1.165) is 10.5 Å². The largest absolute Gasteiger partial charge is 0.305 e. The molecule has 2 atom stereocenters. The number of rotatable bonds is 6. The Morgan fingerprint density at radius 3 is 2.34 bits per heavy atom. The van der Waals surface area contributed by atoms with Crippen LogP contribution in [0.2, 0.25) is 5.02 Å². The number of nitrogens with one attached hydrogen (secondary N) is 1. The standard InChI is InChI=1S/C25H24ClN3O2S/c26-18-8-6-17(7-9-18)25(12-13-25)23(31)29(24(16-27)10-11-24)22(30)21-14-20(15-28-21)32-19-4-2-1-3-5-19/h1-9,20-21,28H,10-15H2/t20-,21+/m1/s1. The summed E-state index contributed by atoms with van der Waals surface area (Å²) in [5, 5.41) is 14.0. The number of hydrogen-bond acceptors (Lipinski definition) is 5. The third-order valence-electron chi connectivity index (χ3n) is 6.77. The first-order valence-corrected chi connectivity index (χ1v) is 12.2. The van der Waals surface area contributed by atoms with Crippen LogP contribution in [0.25, 0.3) is 0 Å². The van der Waals surface area contributed by atoms with Crippen molar-refractivity contribution in [1.29, 1.82) is 5.26 Å². The molecular formula is C25H24ClN3O2S. The molecule has 1 N–H and O–H groups in total. The second-order valence-corrected chi connectivity index (χ2v) is 10.8. The second-order valence-electron chi connectivity index (χ2n) is 8.96. The average molecular weight is 466 g/mol. The Morgan fingerprint density at radius 1 is 1.06 bits per heavy atom. The average Bonchev–Trinajstić information content (AvgIpc) is 3.73. The number of carbonyl (C=O) groups excluding carboxylic acids is 2. The maximum Gasteiger partial charge on any atom is 0.247 e. The third-order valence-corrected chi connectivity index (χ3v) is 8.26. The first kappa shape index (κ1) is 21.5. The van der Waals surface area contributed by atoms with Gasteiger partial charge in [-0.2, -0.15) is 5.26 Å². The molecule has 2 aliphatic carbocycles. The van der Waals surface area contributed by atoms with Gasteiger partial charge in [-0.05, 0) is 61.9 Å². The van der Waals surface area contributed by atoms with Crippen molar-refractivity contribution in [3.05, 3.63) is 65.2 Å². The van der Waals surface area contributed by atoms with Crippen LogP contribution in [-0.2, 0) is 15.0 Å². The summed E-state index contributed by atoms with van der Waals surface area (Å²) in [5.74, 6) is -0.490. The molecule has 0 spiro atoms. The highest BCUT2D eigenvalue weighted by atomic mass is 35.5. The van der Waals surface area contributed by atoms with Crippen molar-refractivity contribution in [2.24, 2.45) is 0 Å². The van der Waals surface area contributed by atoms with Gasteiger partial charge in [0.25, 0.3) is 0 Å². The van der Waals surface area contributed by atoms with Gasteiger partial charge in [0.2, 0.25) is 11.8 Å². The lowest BCUT2D eigenvalue weighted by molar-refractivity contribution is -0.150. The molecule has 1 aliphatic heterocycles. The first-order chi connectivity index (χ1) is 15.5. The Labute approximate surface area is 197 Å². The summed E-state index contributed by atoms with van der Waals surface area (Å²) < 4.78 is 0. The summed E-state index contributed by atoms with van der Waals surface area (Å²) in [6.45, 7) is 0.694. The molecule has 5 rings (SSSR count). The molecule has 32 heavy (non-hydrogen) atoms. The maximum atomic E-state index is 13.8. The van der Waals surface area contributed by atoms with Crippen LogP contribution < -0.4 is 5.32 Å². The summed E-state index contributed by atoms with van der Waals surface area (Å²) in [6.07, 6.45) is 3.10. The number of imide groups is 1. The molecule has 7 heteroatoms. The summed E-state index contributed by atoms with van der Waals surface area (Å²) in [6, 6.07) is 19.2. The van der Waals surface area contributed by atoms with Gasteiger partial charge in [0.1, 0.15) is 5.54 Å². The Morgan fingerprint density at radius 2 is 1.75 bits per heavy atom. The van der Waals surface area contributed by atoms with Crippen LogP contribution in [-0.4, -0.2) is 40.1 Å². The van der Waals surface area contributed by atoms with Crippen molar-refractivity contribution < 1.29 is 9.59 Å². The minimum atomic E-state index is -0.997. The Kier molecular flexibility index (Phi) is 5.53. The van der Waals surface area contributed by atoms with Gasteiger partial charge in [-0.3, -0.25) is 14.5 Å². The van der Waals surface area contributed by atoms with Crippen LogP contribution in [0.3, 0.4) is 0 Å². The van der Waals surface area contributed by atoms with E-state index in [2.05, 4.69) is 23.5 Å². The van der Waals surface area contributed by atoms with Crippen LogP contribution in [0.5, 0.6) is 0 Å². The van der Waals surface area contributed by atoms with Gasteiger partial charge in [0.05, 0.1) is 17.5 Å². The first-order valence-electron chi connectivity index (χ1n) is 11.0. The second kappa shape index (κ2) is 8.22. The Hall–Kier alpha value is -2.33. The van der Waals surface area contributed by atoms with E-state index in [9.17, 15) is 14.9 Å². The molecular weight excluding hydrogens is 442 g/mol. The lowest BCUT2D eigenvalue weighted by Gasteiger charge is -2.31. The molecule has 1 heterocycles.